The lowest BCUT2D eigenvalue weighted by molar-refractivity contribution is 0.453. The Kier molecular flexibility index (Phi) is 3.42. The minimum absolute atomic E-state index is 0.258. The first-order valence-corrected chi connectivity index (χ1v) is 7.84. The second kappa shape index (κ2) is 4.68. The van der Waals surface area contributed by atoms with Gasteiger partial charge in [-0.25, -0.2) is 13.4 Å². The van der Waals surface area contributed by atoms with Crippen LogP contribution in [0.3, 0.4) is 0 Å². The predicted molar refractivity (Wildman–Crippen MR) is 68.1 cm³/mol. The van der Waals surface area contributed by atoms with Crippen LogP contribution in [0.25, 0.3) is 0 Å². The number of aryl methyl sites for hydroxylation is 1. The number of sulfone groups is 1. The van der Waals surface area contributed by atoms with Gasteiger partial charge in [0.15, 0.2) is 0 Å². The van der Waals surface area contributed by atoms with Crippen molar-refractivity contribution in [1.82, 2.24) is 9.55 Å². The van der Waals surface area contributed by atoms with Gasteiger partial charge in [-0.05, 0) is 26.7 Å². The fourth-order valence-corrected chi connectivity index (χ4v) is 3.71. The molecule has 0 bridgehead atoms. The van der Waals surface area contributed by atoms with Crippen LogP contribution in [0.4, 0.5) is 5.95 Å². The maximum Gasteiger partial charge on any atom is 0.203 e. The van der Waals surface area contributed by atoms with Crippen molar-refractivity contribution < 1.29 is 8.42 Å². The zero-order valence-electron chi connectivity index (χ0n) is 10.3. The molecular formula is C11H19N3O2S. The molecule has 0 spiro atoms. The van der Waals surface area contributed by atoms with Crippen LogP contribution in [0.5, 0.6) is 0 Å². The Labute approximate surface area is 102 Å². The topological polar surface area (TPSA) is 64.0 Å². The maximum atomic E-state index is 11.4. The third-order valence-corrected chi connectivity index (χ3v) is 4.82. The summed E-state index contributed by atoms with van der Waals surface area (Å²) in [6.45, 7) is 4.80. The molecule has 0 aromatic carbocycles. The molecule has 1 N–H and O–H groups in total. The molecule has 1 aliphatic heterocycles. The van der Waals surface area contributed by atoms with Crippen LogP contribution >= 0.6 is 0 Å². The van der Waals surface area contributed by atoms with E-state index in [0.29, 0.717) is 24.3 Å². The van der Waals surface area contributed by atoms with Crippen molar-refractivity contribution >= 4 is 15.8 Å². The lowest BCUT2D eigenvalue weighted by atomic mass is 10.1. The highest BCUT2D eigenvalue weighted by atomic mass is 32.2. The van der Waals surface area contributed by atoms with Crippen molar-refractivity contribution in [3.63, 3.8) is 0 Å². The minimum atomic E-state index is -2.80. The highest BCUT2D eigenvalue weighted by molar-refractivity contribution is 7.91. The summed E-state index contributed by atoms with van der Waals surface area (Å²) in [6, 6.07) is 0.258. The van der Waals surface area contributed by atoms with Crippen LogP contribution in [-0.4, -0.2) is 36.0 Å². The van der Waals surface area contributed by atoms with E-state index in [1.807, 2.05) is 20.0 Å². The molecule has 1 saturated heterocycles. The molecule has 2 rings (SSSR count). The Balaban J connectivity index is 2.17. The molecule has 0 unspecified atom stereocenters. The van der Waals surface area contributed by atoms with Crippen molar-refractivity contribution in [2.24, 2.45) is 0 Å². The van der Waals surface area contributed by atoms with Gasteiger partial charge in [-0.1, -0.05) is 0 Å². The van der Waals surface area contributed by atoms with Gasteiger partial charge in [0.2, 0.25) is 5.95 Å². The SMILES string of the molecule is CCNc1nc(C)cn1C1CCS(=O)(=O)CC1. The first kappa shape index (κ1) is 12.4. The lowest BCUT2D eigenvalue weighted by Crippen LogP contribution is -2.26. The number of aromatic nitrogens is 2. The molecule has 6 heteroatoms. The van der Waals surface area contributed by atoms with Gasteiger partial charge < -0.3 is 9.88 Å². The summed E-state index contributed by atoms with van der Waals surface area (Å²) >= 11 is 0. The van der Waals surface area contributed by atoms with Gasteiger partial charge in [0, 0.05) is 18.8 Å². The molecule has 0 radical (unpaired) electrons. The average molecular weight is 257 g/mol. The van der Waals surface area contributed by atoms with E-state index < -0.39 is 9.84 Å². The fraction of sp³-hybridized carbons (Fsp3) is 0.727. The number of hydrogen-bond acceptors (Lipinski definition) is 4. The molecular weight excluding hydrogens is 238 g/mol. The summed E-state index contributed by atoms with van der Waals surface area (Å²) in [5.74, 6) is 1.44. The quantitative estimate of drug-likeness (QED) is 0.888. The molecule has 1 aromatic heterocycles. The zero-order valence-corrected chi connectivity index (χ0v) is 11.1. The van der Waals surface area contributed by atoms with Gasteiger partial charge in [-0.3, -0.25) is 0 Å². The van der Waals surface area contributed by atoms with Gasteiger partial charge in [0.1, 0.15) is 9.84 Å². The summed E-state index contributed by atoms with van der Waals surface area (Å²) in [5.41, 5.74) is 0.967. The average Bonchev–Trinajstić information content (AvgIpc) is 2.60. The van der Waals surface area contributed by atoms with Gasteiger partial charge in [-0.2, -0.15) is 0 Å². The van der Waals surface area contributed by atoms with E-state index in [-0.39, 0.29) is 6.04 Å². The van der Waals surface area contributed by atoms with E-state index >= 15 is 0 Å². The van der Waals surface area contributed by atoms with E-state index in [9.17, 15) is 8.42 Å². The Morgan fingerprint density at radius 3 is 2.71 bits per heavy atom. The highest BCUT2D eigenvalue weighted by Crippen LogP contribution is 2.27. The van der Waals surface area contributed by atoms with Crippen LogP contribution in [0, 0.1) is 6.92 Å². The van der Waals surface area contributed by atoms with E-state index in [1.54, 1.807) is 0 Å². The Bertz CT molecular complexity index is 479. The molecule has 17 heavy (non-hydrogen) atoms. The van der Waals surface area contributed by atoms with Gasteiger partial charge in [0.05, 0.1) is 17.2 Å². The minimum Gasteiger partial charge on any atom is -0.356 e. The highest BCUT2D eigenvalue weighted by Gasteiger charge is 2.26. The molecule has 5 nitrogen and oxygen atoms in total. The van der Waals surface area contributed by atoms with Crippen molar-refractivity contribution in [3.8, 4) is 0 Å². The predicted octanol–water partition coefficient (Wildman–Crippen LogP) is 1.37. The number of hydrogen-bond donors (Lipinski definition) is 1. The van der Waals surface area contributed by atoms with Crippen LogP contribution in [-0.2, 0) is 9.84 Å². The Morgan fingerprint density at radius 1 is 1.47 bits per heavy atom. The second-order valence-electron chi connectivity index (χ2n) is 4.53. The van der Waals surface area contributed by atoms with E-state index in [2.05, 4.69) is 14.9 Å². The number of nitrogens with zero attached hydrogens (tertiary/aromatic N) is 2. The number of imidazole rings is 1. The zero-order chi connectivity index (χ0) is 12.5. The standard InChI is InChI=1S/C11H19N3O2S/c1-3-12-11-13-9(2)8-14(11)10-4-6-17(15,16)7-5-10/h8,10H,3-7H2,1-2H3,(H,12,13). The summed E-state index contributed by atoms with van der Waals surface area (Å²) in [5, 5.41) is 3.22. The smallest absolute Gasteiger partial charge is 0.203 e. The van der Waals surface area contributed by atoms with E-state index in [1.165, 1.54) is 0 Å². The fourth-order valence-electron chi connectivity index (χ4n) is 2.24. The van der Waals surface area contributed by atoms with Crippen molar-refractivity contribution in [3.05, 3.63) is 11.9 Å². The first-order chi connectivity index (χ1) is 8.02. The summed E-state index contributed by atoms with van der Waals surface area (Å²) in [6.07, 6.45) is 3.38. The van der Waals surface area contributed by atoms with Crippen LogP contribution in [0.1, 0.15) is 31.5 Å². The Morgan fingerprint density at radius 2 is 2.12 bits per heavy atom. The third-order valence-electron chi connectivity index (χ3n) is 3.11. The number of rotatable bonds is 3. The summed E-state index contributed by atoms with van der Waals surface area (Å²) in [4.78, 5) is 4.41. The van der Waals surface area contributed by atoms with E-state index in [0.717, 1.165) is 18.2 Å². The van der Waals surface area contributed by atoms with Crippen LogP contribution in [0.15, 0.2) is 6.20 Å². The monoisotopic (exact) mass is 257 g/mol. The molecule has 1 aliphatic rings. The number of nitrogens with one attached hydrogen (secondary N) is 1. The normalized spacial score (nSPS) is 20.4. The molecule has 0 aliphatic carbocycles. The van der Waals surface area contributed by atoms with Gasteiger partial charge in [-0.15, -0.1) is 0 Å². The molecule has 0 atom stereocenters. The summed E-state index contributed by atoms with van der Waals surface area (Å²) in [7, 11) is -2.80. The maximum absolute atomic E-state index is 11.4. The Hall–Kier alpha value is -1.04. The molecule has 2 heterocycles. The van der Waals surface area contributed by atoms with Crippen molar-refractivity contribution in [1.29, 1.82) is 0 Å². The third kappa shape index (κ3) is 2.80. The summed E-state index contributed by atoms with van der Waals surface area (Å²) < 4.78 is 24.9. The molecule has 1 fully saturated rings. The van der Waals surface area contributed by atoms with Crippen LogP contribution < -0.4 is 5.32 Å². The van der Waals surface area contributed by atoms with Crippen molar-refractivity contribution in [2.75, 3.05) is 23.4 Å². The van der Waals surface area contributed by atoms with Gasteiger partial charge >= 0.3 is 0 Å². The molecule has 0 amide bonds. The molecule has 96 valence electrons. The van der Waals surface area contributed by atoms with Crippen molar-refractivity contribution in [2.45, 2.75) is 32.7 Å². The molecule has 1 aromatic rings. The largest absolute Gasteiger partial charge is 0.356 e. The number of anilines is 1. The molecule has 0 saturated carbocycles. The van der Waals surface area contributed by atoms with Crippen LogP contribution in [0.2, 0.25) is 0 Å². The van der Waals surface area contributed by atoms with Gasteiger partial charge in [0.25, 0.3) is 0 Å². The second-order valence-corrected chi connectivity index (χ2v) is 6.83. The first-order valence-electron chi connectivity index (χ1n) is 6.01. The lowest BCUT2D eigenvalue weighted by Gasteiger charge is -2.24. The van der Waals surface area contributed by atoms with E-state index in [4.69, 9.17) is 0 Å².